The average Bonchev–Trinajstić information content (AvgIpc) is 3.20. The molecule has 0 aromatic heterocycles. The summed E-state index contributed by atoms with van der Waals surface area (Å²) in [4.78, 5) is 28.4. The Kier molecular flexibility index (Phi) is 14.3. The van der Waals surface area contributed by atoms with Crippen molar-refractivity contribution in [2.45, 2.75) is 38.8 Å². The summed E-state index contributed by atoms with van der Waals surface area (Å²) in [7, 11) is -2.64. The number of hydrogen-bond acceptors (Lipinski definition) is 7. The summed E-state index contributed by atoms with van der Waals surface area (Å²) in [5.74, 6) is -7.60. The molecule has 4 aliphatic rings. The van der Waals surface area contributed by atoms with Crippen LogP contribution in [-0.4, -0.2) is 127 Å². The first-order valence-corrected chi connectivity index (χ1v) is 22.9. The third-order valence-electron chi connectivity index (χ3n) is 10.7. The smallest absolute Gasteiger partial charge is 0.339 e. The van der Waals surface area contributed by atoms with Gasteiger partial charge in [-0.15, -0.1) is 11.6 Å². The third kappa shape index (κ3) is 9.00. The molecule has 0 bridgehead atoms. The Hall–Kier alpha value is -3.79. The van der Waals surface area contributed by atoms with Gasteiger partial charge in [-0.2, -0.15) is 0 Å². The first-order chi connectivity index (χ1) is 27.1. The molecular formula is C41H50ClF3N3O7Si+. The predicted octanol–water partition coefficient (Wildman–Crippen LogP) is 5.45. The maximum atomic E-state index is 17.1. The van der Waals surface area contributed by atoms with E-state index in [9.17, 15) is 14.7 Å². The fourth-order valence-corrected chi connectivity index (χ4v) is 11.0. The lowest BCUT2D eigenvalue weighted by Gasteiger charge is -2.39. The maximum Gasteiger partial charge on any atom is 0.339 e. The van der Waals surface area contributed by atoms with E-state index in [1.54, 1.807) is 12.1 Å². The molecule has 3 aliphatic heterocycles. The van der Waals surface area contributed by atoms with Crippen LogP contribution < -0.4 is 15.4 Å². The van der Waals surface area contributed by atoms with Crippen molar-refractivity contribution in [1.29, 1.82) is 0 Å². The summed E-state index contributed by atoms with van der Waals surface area (Å²) in [5.41, 5.74) is -0.0945. The number of anilines is 1. The normalized spacial score (nSPS) is 17.8. The number of carboxylic acid groups (broad SMARTS) is 1. The number of fused-ring (bicyclic) bond motifs is 2. The number of aromatic carboxylic acids is 1. The van der Waals surface area contributed by atoms with Gasteiger partial charge in [-0.3, -0.25) is 4.79 Å². The minimum Gasteiger partial charge on any atom is -0.478 e. The predicted molar refractivity (Wildman–Crippen MR) is 212 cm³/mol. The number of nitrogens with zero attached hydrogens (tertiary/aromatic N) is 2. The highest BCUT2D eigenvalue weighted by atomic mass is 35.5. The number of rotatable bonds is 16. The minimum absolute atomic E-state index is 0.00535. The van der Waals surface area contributed by atoms with Gasteiger partial charge in [0.1, 0.15) is 38.2 Å². The zero-order valence-electron chi connectivity index (χ0n) is 32.0. The molecule has 0 spiro atoms. The number of benzene rings is 2. The van der Waals surface area contributed by atoms with E-state index in [-0.39, 0.29) is 25.3 Å². The lowest BCUT2D eigenvalue weighted by atomic mass is 9.85. The van der Waals surface area contributed by atoms with E-state index in [2.05, 4.69) is 40.0 Å². The summed E-state index contributed by atoms with van der Waals surface area (Å²) in [5, 5.41) is 14.5. The second-order valence-electron chi connectivity index (χ2n) is 14.6. The lowest BCUT2D eigenvalue weighted by Crippen LogP contribution is -2.50. The van der Waals surface area contributed by atoms with E-state index < -0.39 is 54.1 Å². The highest BCUT2D eigenvalue weighted by molar-refractivity contribution is 6.98. The number of halogens is 4. The van der Waals surface area contributed by atoms with Gasteiger partial charge in [0, 0.05) is 55.5 Å². The van der Waals surface area contributed by atoms with E-state index in [1.807, 2.05) is 12.1 Å². The molecule has 0 radical (unpaired) electrons. The summed E-state index contributed by atoms with van der Waals surface area (Å²) < 4.78 is 73.3. The quantitative estimate of drug-likeness (QED) is 0.0758. The molecule has 0 unspecified atom stereocenters. The Morgan fingerprint density at radius 3 is 2.29 bits per heavy atom. The zero-order valence-corrected chi connectivity index (χ0v) is 33.8. The van der Waals surface area contributed by atoms with Crippen LogP contribution in [0.5, 0.6) is 0 Å². The van der Waals surface area contributed by atoms with E-state index in [1.165, 1.54) is 0 Å². The number of carboxylic acids is 1. The van der Waals surface area contributed by atoms with Crippen LogP contribution >= 0.6 is 11.6 Å². The van der Waals surface area contributed by atoms with E-state index in [4.69, 9.17) is 30.5 Å². The van der Waals surface area contributed by atoms with Gasteiger partial charge in [-0.1, -0.05) is 32.0 Å². The SMILES string of the molecule is C[Si]1(C)C2=CC(=[N+]3CCOCC3)C=CC2=C(c2c(F)c(C(=O)NCCOCCOCCCCCCCl)c(F)c(F)c2C(=O)O)c2ccc(N3CCOCC3)cc21. The Morgan fingerprint density at radius 2 is 1.57 bits per heavy atom. The van der Waals surface area contributed by atoms with Crippen molar-refractivity contribution < 1.29 is 51.4 Å². The van der Waals surface area contributed by atoms with Gasteiger partial charge in [0.15, 0.2) is 30.4 Å². The Bertz CT molecular complexity index is 1940. The van der Waals surface area contributed by atoms with Crippen molar-refractivity contribution in [2.75, 3.05) is 96.4 Å². The van der Waals surface area contributed by atoms with Gasteiger partial charge in [0.2, 0.25) is 0 Å². The highest BCUT2D eigenvalue weighted by Gasteiger charge is 2.44. The van der Waals surface area contributed by atoms with Gasteiger partial charge in [-0.05, 0) is 58.1 Å². The van der Waals surface area contributed by atoms with Crippen LogP contribution in [0.4, 0.5) is 18.9 Å². The molecule has 1 amide bonds. The molecule has 2 fully saturated rings. The number of nitrogens with one attached hydrogen (secondary N) is 1. The van der Waals surface area contributed by atoms with Crippen molar-refractivity contribution in [3.05, 3.63) is 86.9 Å². The number of morpholine rings is 2. The molecule has 2 aromatic rings. The van der Waals surface area contributed by atoms with Crippen molar-refractivity contribution in [3.8, 4) is 0 Å². The molecule has 2 N–H and O–H groups in total. The van der Waals surface area contributed by atoms with E-state index in [0.717, 1.165) is 47.5 Å². The Balaban J connectivity index is 1.36. The fraction of sp³-hybridized carbons (Fsp3) is 0.488. The van der Waals surface area contributed by atoms with Gasteiger partial charge >= 0.3 is 5.97 Å². The number of hydrogen-bond donors (Lipinski definition) is 2. The molecule has 6 rings (SSSR count). The van der Waals surface area contributed by atoms with Crippen molar-refractivity contribution in [3.63, 3.8) is 0 Å². The molecule has 2 aromatic carbocycles. The fourth-order valence-electron chi connectivity index (χ4n) is 7.73. The summed E-state index contributed by atoms with van der Waals surface area (Å²) in [6, 6.07) is 5.73. The van der Waals surface area contributed by atoms with E-state index >= 15 is 13.2 Å². The van der Waals surface area contributed by atoms with Gasteiger partial charge in [-0.25, -0.2) is 22.5 Å². The average molecular weight is 817 g/mol. The maximum absolute atomic E-state index is 17.1. The number of carbonyl (C=O) groups is 2. The minimum atomic E-state index is -2.64. The first-order valence-electron chi connectivity index (χ1n) is 19.3. The molecule has 15 heteroatoms. The third-order valence-corrected chi connectivity index (χ3v) is 14.5. The van der Waals surface area contributed by atoms with Crippen LogP contribution in [0.15, 0.2) is 47.2 Å². The molecule has 10 nitrogen and oxygen atoms in total. The highest BCUT2D eigenvalue weighted by Crippen LogP contribution is 2.45. The summed E-state index contributed by atoms with van der Waals surface area (Å²) >= 11 is 5.69. The Morgan fingerprint density at radius 1 is 0.893 bits per heavy atom. The number of amides is 1. The second kappa shape index (κ2) is 19.1. The summed E-state index contributed by atoms with van der Waals surface area (Å²) in [6.07, 6.45) is 9.67. The van der Waals surface area contributed by atoms with E-state index in [0.29, 0.717) is 82.8 Å². The molecular weight excluding hydrogens is 767 g/mol. The zero-order chi connectivity index (χ0) is 39.8. The molecule has 56 heavy (non-hydrogen) atoms. The number of carbonyl (C=O) groups excluding carboxylic acids is 1. The van der Waals surface area contributed by atoms with Crippen molar-refractivity contribution in [1.82, 2.24) is 5.32 Å². The Labute approximate surface area is 331 Å². The van der Waals surface area contributed by atoms with Crippen LogP contribution in [0.25, 0.3) is 5.57 Å². The number of alkyl halides is 1. The molecule has 2 saturated heterocycles. The van der Waals surface area contributed by atoms with Crippen LogP contribution in [0, 0.1) is 17.5 Å². The topological polar surface area (TPSA) is 110 Å². The molecule has 302 valence electrons. The standard InChI is InChI=1S/C41H49ClF3N3O7Si/c1-56(2)31-25-27(47-13-19-54-20-14-47)7-9-29(31)33(30-10-8-28(26-32(30)56)48-15-21-55-22-16-48)34-35(41(50)51)38(44)39(45)36(37(34)43)40(49)46-12-18-53-24-23-52-17-6-4-3-5-11-42/h7-10,25-26H,3-6,11-24H2,1-2H3,(H-,46,49,50,51)/p+1. The molecule has 0 atom stereocenters. The van der Waals surface area contributed by atoms with Crippen LogP contribution in [0.1, 0.15) is 57.5 Å². The summed E-state index contributed by atoms with van der Waals surface area (Å²) in [6.45, 7) is 10.3. The van der Waals surface area contributed by atoms with Gasteiger partial charge in [0.05, 0.1) is 33.0 Å². The van der Waals surface area contributed by atoms with Gasteiger partial charge < -0.3 is 34.3 Å². The number of unbranched alkanes of at least 4 members (excludes halogenated alkanes) is 3. The van der Waals surface area contributed by atoms with Crippen LogP contribution in [-0.2, 0) is 18.9 Å². The largest absolute Gasteiger partial charge is 0.478 e. The van der Waals surface area contributed by atoms with Gasteiger partial charge in [0.25, 0.3) is 5.91 Å². The second-order valence-corrected chi connectivity index (χ2v) is 19.3. The lowest BCUT2D eigenvalue weighted by molar-refractivity contribution is -0.547. The first kappa shape index (κ1) is 41.8. The molecule has 1 aliphatic carbocycles. The van der Waals surface area contributed by atoms with Crippen molar-refractivity contribution >= 4 is 53.7 Å². The monoisotopic (exact) mass is 816 g/mol. The number of allylic oxidation sites excluding steroid dienone is 5. The van der Waals surface area contributed by atoms with Crippen LogP contribution in [0.3, 0.4) is 0 Å². The van der Waals surface area contributed by atoms with Crippen molar-refractivity contribution in [2.24, 2.45) is 0 Å². The number of ether oxygens (including phenoxy) is 4. The molecule has 0 saturated carbocycles. The molecule has 3 heterocycles. The van der Waals surface area contributed by atoms with Crippen LogP contribution in [0.2, 0.25) is 13.1 Å².